The SMILES string of the molecule is Cc1cc2c(cc1N1CCN(CCCS(=O)N3CCC(Nc4ncc(OC(F)F)cn4)CC3)CC1)c(C)nn2C1CCC(=O)NC1=O.O=C(O)CF. The zero-order chi connectivity index (χ0) is 37.4. The van der Waals surface area contributed by atoms with Crippen molar-refractivity contribution in [1.29, 1.82) is 0 Å². The van der Waals surface area contributed by atoms with E-state index in [4.69, 9.17) is 15.0 Å². The van der Waals surface area contributed by atoms with E-state index < -0.39 is 36.3 Å². The summed E-state index contributed by atoms with van der Waals surface area (Å²) in [5.74, 6) is -1.05. The van der Waals surface area contributed by atoms with E-state index in [1.54, 1.807) is 4.68 Å². The van der Waals surface area contributed by atoms with Crippen LogP contribution in [0.25, 0.3) is 10.9 Å². The summed E-state index contributed by atoms with van der Waals surface area (Å²) < 4.78 is 56.3. The van der Waals surface area contributed by atoms with Crippen LogP contribution in [0, 0.1) is 13.8 Å². The summed E-state index contributed by atoms with van der Waals surface area (Å²) in [5, 5.41) is 18.7. The average Bonchev–Trinajstić information content (AvgIpc) is 3.43. The molecule has 19 heteroatoms. The normalized spacial score (nSPS) is 19.7. The van der Waals surface area contributed by atoms with Crippen molar-refractivity contribution in [1.82, 2.24) is 34.3 Å². The van der Waals surface area contributed by atoms with Gasteiger partial charge in [-0.2, -0.15) is 13.9 Å². The number of aryl methyl sites for hydroxylation is 2. The molecule has 1 aromatic carbocycles. The highest BCUT2D eigenvalue weighted by molar-refractivity contribution is 7.82. The zero-order valence-corrected chi connectivity index (χ0v) is 29.9. The van der Waals surface area contributed by atoms with E-state index >= 15 is 0 Å². The third-order valence-electron chi connectivity index (χ3n) is 9.26. The number of piperidine rings is 2. The Morgan fingerprint density at radius 1 is 1.08 bits per heavy atom. The first-order valence-electron chi connectivity index (χ1n) is 17.2. The van der Waals surface area contributed by atoms with Gasteiger partial charge in [-0.05, 0) is 63.8 Å². The van der Waals surface area contributed by atoms with Crippen molar-refractivity contribution in [2.45, 2.75) is 64.6 Å². The number of nitrogens with zero attached hydrogens (tertiary/aromatic N) is 7. The Morgan fingerprint density at radius 2 is 1.75 bits per heavy atom. The Morgan fingerprint density at radius 3 is 2.37 bits per heavy atom. The van der Waals surface area contributed by atoms with E-state index in [-0.39, 0.29) is 23.6 Å². The first-order chi connectivity index (χ1) is 24.9. The number of carbonyl (C=O) groups is 3. The standard InChI is InChI=1S/C31H41F2N9O4S.C2H3FO2/c1-20-16-27-24(21(2)38-42(27)25-4-5-28(43)37-29(25)44)17-26(20)40-13-11-39(12-14-40)8-3-15-47(45)41-9-6-22(7-10-41)36-31-34-18-23(19-35-31)46-30(32)33;3-1-2(4)5/h16-19,22,25,30H,3-15H2,1-2H3,(H,34,35,36)(H,37,43,44);1H2,(H,4,5). The molecule has 0 radical (unpaired) electrons. The van der Waals surface area contributed by atoms with Gasteiger partial charge >= 0.3 is 12.6 Å². The second-order valence-corrected chi connectivity index (χ2v) is 14.4. The zero-order valence-electron chi connectivity index (χ0n) is 29.1. The molecular weight excluding hydrogens is 707 g/mol. The largest absolute Gasteiger partial charge is 0.479 e. The molecule has 2 aromatic heterocycles. The van der Waals surface area contributed by atoms with E-state index in [0.717, 1.165) is 74.1 Å². The molecule has 0 saturated carbocycles. The van der Waals surface area contributed by atoms with Crippen molar-refractivity contribution in [3.63, 3.8) is 0 Å². The fourth-order valence-electron chi connectivity index (χ4n) is 6.62. The van der Waals surface area contributed by atoms with Crippen LogP contribution in [0.1, 0.15) is 49.4 Å². The molecule has 0 bridgehead atoms. The van der Waals surface area contributed by atoms with Crippen LogP contribution in [-0.2, 0) is 25.4 Å². The molecule has 52 heavy (non-hydrogen) atoms. The number of carboxylic acid groups (broad SMARTS) is 1. The van der Waals surface area contributed by atoms with Crippen LogP contribution in [0.2, 0.25) is 0 Å². The van der Waals surface area contributed by atoms with Crippen LogP contribution < -0.4 is 20.3 Å². The number of hydrogen-bond acceptors (Lipinski definition) is 11. The van der Waals surface area contributed by atoms with Gasteiger partial charge in [0, 0.05) is 68.6 Å². The quantitative estimate of drug-likeness (QED) is 0.231. The number of aliphatic carboxylic acids is 1. The third kappa shape index (κ3) is 10.2. The molecule has 2 atom stereocenters. The summed E-state index contributed by atoms with van der Waals surface area (Å²) in [6, 6.07) is 3.92. The Hall–Kier alpha value is -4.36. The first-order valence-corrected chi connectivity index (χ1v) is 18.4. The summed E-state index contributed by atoms with van der Waals surface area (Å²) in [4.78, 5) is 46.1. The predicted molar refractivity (Wildman–Crippen MR) is 187 cm³/mol. The van der Waals surface area contributed by atoms with Crippen molar-refractivity contribution in [2.75, 3.05) is 68.5 Å². The van der Waals surface area contributed by atoms with Crippen LogP contribution >= 0.6 is 0 Å². The van der Waals surface area contributed by atoms with Gasteiger partial charge < -0.3 is 20.1 Å². The van der Waals surface area contributed by atoms with Crippen molar-refractivity contribution < 1.29 is 41.6 Å². The van der Waals surface area contributed by atoms with Gasteiger partial charge in [0.25, 0.3) is 5.91 Å². The van der Waals surface area contributed by atoms with Gasteiger partial charge in [-0.1, -0.05) is 0 Å². The molecule has 5 heterocycles. The van der Waals surface area contributed by atoms with Gasteiger partial charge in [-0.25, -0.2) is 27.7 Å². The Labute approximate surface area is 301 Å². The molecule has 0 spiro atoms. The van der Waals surface area contributed by atoms with Gasteiger partial charge in [0.15, 0.2) is 12.4 Å². The smallest absolute Gasteiger partial charge is 0.387 e. The maximum Gasteiger partial charge on any atom is 0.387 e. The predicted octanol–water partition coefficient (Wildman–Crippen LogP) is 2.82. The molecule has 3 aliphatic heterocycles. The van der Waals surface area contributed by atoms with Crippen LogP contribution in [-0.4, -0.2) is 127 Å². The van der Waals surface area contributed by atoms with E-state index in [1.807, 2.05) is 11.2 Å². The number of imide groups is 1. The summed E-state index contributed by atoms with van der Waals surface area (Å²) in [5.41, 5.74) is 4.07. The average molecular weight is 752 g/mol. The summed E-state index contributed by atoms with van der Waals surface area (Å²) in [6.07, 6.45) is 5.63. The van der Waals surface area contributed by atoms with Crippen LogP contribution in [0.3, 0.4) is 0 Å². The van der Waals surface area contributed by atoms with E-state index in [2.05, 4.69) is 54.2 Å². The fourth-order valence-corrected chi connectivity index (χ4v) is 7.87. The number of benzene rings is 1. The van der Waals surface area contributed by atoms with E-state index in [9.17, 15) is 27.0 Å². The van der Waals surface area contributed by atoms with Gasteiger partial charge in [0.1, 0.15) is 6.04 Å². The minimum absolute atomic E-state index is 0.0843. The van der Waals surface area contributed by atoms with Crippen molar-refractivity contribution >= 4 is 51.3 Å². The van der Waals surface area contributed by atoms with Crippen LogP contribution in [0.15, 0.2) is 24.5 Å². The Bertz CT molecular complexity index is 1730. The molecule has 2 amide bonds. The number of aromatic nitrogens is 4. The van der Waals surface area contributed by atoms with Crippen LogP contribution in [0.4, 0.5) is 24.8 Å². The lowest BCUT2D eigenvalue weighted by molar-refractivity contribution is -0.138. The highest BCUT2D eigenvalue weighted by Gasteiger charge is 2.31. The lowest BCUT2D eigenvalue weighted by Crippen LogP contribution is -2.47. The number of fused-ring (bicyclic) bond motifs is 1. The van der Waals surface area contributed by atoms with Gasteiger partial charge in [-0.3, -0.25) is 24.5 Å². The summed E-state index contributed by atoms with van der Waals surface area (Å²) >= 11 is 0. The number of ether oxygens (including phenoxy) is 1. The molecule has 3 fully saturated rings. The molecule has 3 saturated heterocycles. The summed E-state index contributed by atoms with van der Waals surface area (Å²) in [6.45, 7) is 5.78. The maximum atomic E-state index is 13.0. The second kappa shape index (κ2) is 17.9. The topological polar surface area (TPSA) is 175 Å². The number of carbonyl (C=O) groups excluding carboxylic acids is 2. The number of anilines is 2. The number of hydrogen-bond donors (Lipinski definition) is 3. The van der Waals surface area contributed by atoms with Gasteiger partial charge in [-0.15, -0.1) is 0 Å². The molecule has 3 aromatic rings. The van der Waals surface area contributed by atoms with Crippen LogP contribution in [0.5, 0.6) is 5.75 Å². The lowest BCUT2D eigenvalue weighted by atomic mass is 10.0. The molecule has 3 aliphatic rings. The van der Waals surface area contributed by atoms with Crippen molar-refractivity contribution in [3.8, 4) is 5.75 Å². The number of alkyl halides is 3. The number of piperazine rings is 1. The monoisotopic (exact) mass is 751 g/mol. The van der Waals surface area contributed by atoms with Gasteiger partial charge in [0.2, 0.25) is 11.9 Å². The van der Waals surface area contributed by atoms with Crippen molar-refractivity contribution in [3.05, 3.63) is 35.8 Å². The lowest BCUT2D eigenvalue weighted by Gasteiger charge is -2.37. The number of carboxylic acids is 1. The molecule has 3 N–H and O–H groups in total. The number of rotatable bonds is 12. The third-order valence-corrected chi connectivity index (χ3v) is 10.8. The molecule has 15 nitrogen and oxygen atoms in total. The molecule has 284 valence electrons. The molecular formula is C33H44F3N9O6S. The maximum absolute atomic E-state index is 13.0. The van der Waals surface area contributed by atoms with Crippen molar-refractivity contribution in [2.24, 2.45) is 0 Å². The molecule has 6 rings (SSSR count). The molecule has 0 aliphatic carbocycles. The first kappa shape index (κ1) is 38.9. The summed E-state index contributed by atoms with van der Waals surface area (Å²) in [7, 11) is -1.04. The second-order valence-electron chi connectivity index (χ2n) is 12.9. The Balaban J connectivity index is 0.000000979. The highest BCUT2D eigenvalue weighted by atomic mass is 32.2. The highest BCUT2D eigenvalue weighted by Crippen LogP contribution is 2.32. The fraction of sp³-hybridized carbons (Fsp3) is 0.576. The minimum atomic E-state index is -2.91. The van der Waals surface area contributed by atoms with E-state index in [1.165, 1.54) is 18.1 Å². The minimum Gasteiger partial charge on any atom is -0.479 e. The van der Waals surface area contributed by atoms with Gasteiger partial charge in [0.05, 0.1) is 34.6 Å². The molecule has 2 unspecified atom stereocenters. The number of nitrogens with one attached hydrogen (secondary N) is 2. The number of halogens is 3. The van der Waals surface area contributed by atoms with E-state index in [0.29, 0.717) is 37.6 Å². The Kier molecular flexibility index (Phi) is 13.4. The number of amides is 2.